The summed E-state index contributed by atoms with van der Waals surface area (Å²) in [5.74, 6) is 0.0247. The zero-order valence-corrected chi connectivity index (χ0v) is 9.32. The van der Waals surface area contributed by atoms with Crippen molar-refractivity contribution in [3.05, 3.63) is 0 Å². The summed E-state index contributed by atoms with van der Waals surface area (Å²) < 4.78 is 10.0. The van der Waals surface area contributed by atoms with Gasteiger partial charge in [0.05, 0.1) is 19.8 Å². The van der Waals surface area contributed by atoms with E-state index in [1.54, 1.807) is 0 Å². The number of nitrogens with one attached hydrogen (secondary N) is 1. The number of hydrogen-bond acceptors (Lipinski definition) is 4. The molecule has 0 heterocycles. The third-order valence-electron chi connectivity index (χ3n) is 1.63. The van der Waals surface area contributed by atoms with Crippen molar-refractivity contribution >= 4 is 12.2 Å². The average Bonchev–Trinajstić information content (AvgIpc) is 2.21. The van der Waals surface area contributed by atoms with Crippen LogP contribution in [0.2, 0.25) is 0 Å². The Balaban J connectivity index is 3.11. The molecule has 0 bridgehead atoms. The predicted molar refractivity (Wildman–Crippen MR) is 55.5 cm³/mol. The molecule has 0 aromatic heterocycles. The number of hydrogen-bond donors (Lipinski definition) is 1. The van der Waals surface area contributed by atoms with Gasteiger partial charge < -0.3 is 19.6 Å². The second-order valence-corrected chi connectivity index (χ2v) is 3.30. The molecule has 0 spiro atoms. The summed E-state index contributed by atoms with van der Waals surface area (Å²) in [5.41, 5.74) is 0. The van der Waals surface area contributed by atoms with Crippen LogP contribution in [0.15, 0.2) is 0 Å². The van der Waals surface area contributed by atoms with Crippen molar-refractivity contribution in [3.63, 3.8) is 0 Å². The van der Waals surface area contributed by atoms with Crippen LogP contribution >= 0.6 is 0 Å². The van der Waals surface area contributed by atoms with E-state index >= 15 is 0 Å². The molecule has 15 heavy (non-hydrogen) atoms. The molecule has 0 aromatic rings. The lowest BCUT2D eigenvalue weighted by Gasteiger charge is -2.07. The molecule has 88 valence electrons. The molecule has 5 nitrogen and oxygen atoms in total. The van der Waals surface area contributed by atoms with Gasteiger partial charge in [0.15, 0.2) is 0 Å². The fraction of sp³-hybridized carbons (Fsp3) is 0.800. The fourth-order valence-electron chi connectivity index (χ4n) is 0.802. The van der Waals surface area contributed by atoms with Crippen molar-refractivity contribution in [1.82, 2.24) is 5.32 Å². The fourth-order valence-corrected chi connectivity index (χ4v) is 0.802. The molecular weight excluding hydrogens is 198 g/mol. The second kappa shape index (κ2) is 9.61. The quantitative estimate of drug-likeness (QED) is 0.436. The Morgan fingerprint density at radius 3 is 2.53 bits per heavy atom. The first-order valence-corrected chi connectivity index (χ1v) is 5.05. The number of aldehydes is 1. The van der Waals surface area contributed by atoms with Gasteiger partial charge in [0, 0.05) is 12.5 Å². The number of carbonyl (C=O) groups excluding carboxylic acids is 2. The highest BCUT2D eigenvalue weighted by atomic mass is 16.5. The van der Waals surface area contributed by atoms with E-state index in [1.807, 2.05) is 13.8 Å². The van der Waals surface area contributed by atoms with Gasteiger partial charge in [-0.05, 0) is 0 Å². The largest absolute Gasteiger partial charge is 0.377 e. The Labute approximate surface area is 90.1 Å². The molecule has 0 radical (unpaired) electrons. The summed E-state index contributed by atoms with van der Waals surface area (Å²) in [6.07, 6.45) is 0.697. The third kappa shape index (κ3) is 9.37. The molecule has 0 unspecified atom stereocenters. The number of ether oxygens (including phenoxy) is 2. The zero-order valence-electron chi connectivity index (χ0n) is 9.32. The Hall–Kier alpha value is -0.940. The van der Waals surface area contributed by atoms with Gasteiger partial charge in [-0.15, -0.1) is 0 Å². The molecule has 0 aliphatic heterocycles. The molecule has 0 aromatic carbocycles. The van der Waals surface area contributed by atoms with E-state index in [1.165, 1.54) is 0 Å². The number of amides is 1. The SMILES string of the molecule is CC(C)C(=O)NCCOCCOCC=O. The van der Waals surface area contributed by atoms with Crippen molar-refractivity contribution in [1.29, 1.82) is 0 Å². The smallest absolute Gasteiger partial charge is 0.222 e. The van der Waals surface area contributed by atoms with Crippen molar-refractivity contribution in [2.24, 2.45) is 5.92 Å². The second-order valence-electron chi connectivity index (χ2n) is 3.30. The van der Waals surface area contributed by atoms with Crippen LogP contribution < -0.4 is 5.32 Å². The zero-order chi connectivity index (χ0) is 11.5. The monoisotopic (exact) mass is 217 g/mol. The topological polar surface area (TPSA) is 64.6 Å². The molecule has 1 amide bonds. The van der Waals surface area contributed by atoms with Crippen LogP contribution in [0.25, 0.3) is 0 Å². The van der Waals surface area contributed by atoms with Crippen LogP contribution in [0.4, 0.5) is 0 Å². The van der Waals surface area contributed by atoms with Gasteiger partial charge in [-0.25, -0.2) is 0 Å². The lowest BCUT2D eigenvalue weighted by molar-refractivity contribution is -0.124. The van der Waals surface area contributed by atoms with E-state index in [4.69, 9.17) is 9.47 Å². The van der Waals surface area contributed by atoms with Gasteiger partial charge in [0.2, 0.25) is 5.91 Å². The van der Waals surface area contributed by atoms with Crippen LogP contribution in [0.3, 0.4) is 0 Å². The van der Waals surface area contributed by atoms with E-state index in [0.717, 1.165) is 0 Å². The first-order valence-electron chi connectivity index (χ1n) is 5.05. The molecule has 0 aliphatic rings. The number of carbonyl (C=O) groups is 2. The van der Waals surface area contributed by atoms with Crippen molar-refractivity contribution in [2.45, 2.75) is 13.8 Å². The minimum atomic E-state index is 0.000856. The van der Waals surface area contributed by atoms with E-state index in [9.17, 15) is 9.59 Å². The molecule has 0 fully saturated rings. The summed E-state index contributed by atoms with van der Waals surface area (Å²) in [6, 6.07) is 0. The van der Waals surface area contributed by atoms with Crippen LogP contribution in [0.1, 0.15) is 13.8 Å². The van der Waals surface area contributed by atoms with E-state index in [0.29, 0.717) is 32.7 Å². The molecule has 5 heteroatoms. The highest BCUT2D eigenvalue weighted by molar-refractivity contribution is 5.77. The van der Waals surface area contributed by atoms with Gasteiger partial charge in [0.1, 0.15) is 12.9 Å². The lowest BCUT2D eigenvalue weighted by Crippen LogP contribution is -2.31. The van der Waals surface area contributed by atoms with Crippen LogP contribution in [-0.2, 0) is 19.1 Å². The molecular formula is C10H19NO4. The van der Waals surface area contributed by atoms with E-state index in [2.05, 4.69) is 5.32 Å². The predicted octanol–water partition coefficient (Wildman–Crippen LogP) is -0.00930. The molecule has 0 rings (SSSR count). The summed E-state index contributed by atoms with van der Waals surface area (Å²) in [4.78, 5) is 21.0. The van der Waals surface area contributed by atoms with Gasteiger partial charge in [-0.1, -0.05) is 13.8 Å². The molecule has 0 atom stereocenters. The summed E-state index contributed by atoms with van der Waals surface area (Å²) in [5, 5.41) is 2.72. The maximum absolute atomic E-state index is 11.1. The van der Waals surface area contributed by atoms with Crippen molar-refractivity contribution in [3.8, 4) is 0 Å². The molecule has 0 saturated heterocycles. The van der Waals surface area contributed by atoms with Gasteiger partial charge in [0.25, 0.3) is 0 Å². The standard InChI is InChI=1S/C10H19NO4/c1-9(2)10(13)11-3-5-14-7-8-15-6-4-12/h4,9H,3,5-8H2,1-2H3,(H,11,13). The summed E-state index contributed by atoms with van der Waals surface area (Å²) in [7, 11) is 0. The van der Waals surface area contributed by atoms with Gasteiger partial charge in [-0.2, -0.15) is 0 Å². The van der Waals surface area contributed by atoms with E-state index < -0.39 is 0 Å². The molecule has 1 N–H and O–H groups in total. The summed E-state index contributed by atoms with van der Waals surface area (Å²) in [6.45, 7) is 5.58. The van der Waals surface area contributed by atoms with Gasteiger partial charge >= 0.3 is 0 Å². The first kappa shape index (κ1) is 14.1. The lowest BCUT2D eigenvalue weighted by atomic mass is 10.2. The molecule has 0 saturated carbocycles. The highest BCUT2D eigenvalue weighted by Gasteiger charge is 2.04. The highest BCUT2D eigenvalue weighted by Crippen LogP contribution is 1.89. The van der Waals surface area contributed by atoms with Gasteiger partial charge in [-0.3, -0.25) is 4.79 Å². The van der Waals surface area contributed by atoms with Crippen LogP contribution in [0.5, 0.6) is 0 Å². The van der Waals surface area contributed by atoms with Crippen LogP contribution in [-0.4, -0.2) is 45.2 Å². The van der Waals surface area contributed by atoms with Crippen molar-refractivity contribution < 1.29 is 19.1 Å². The maximum Gasteiger partial charge on any atom is 0.222 e. The Morgan fingerprint density at radius 2 is 1.93 bits per heavy atom. The number of rotatable bonds is 9. The normalized spacial score (nSPS) is 10.3. The average molecular weight is 217 g/mol. The van der Waals surface area contributed by atoms with Crippen LogP contribution in [0, 0.1) is 5.92 Å². The summed E-state index contributed by atoms with van der Waals surface area (Å²) >= 11 is 0. The maximum atomic E-state index is 11.1. The Bertz CT molecular complexity index is 182. The minimum Gasteiger partial charge on any atom is -0.377 e. The van der Waals surface area contributed by atoms with Crippen molar-refractivity contribution in [2.75, 3.05) is 33.0 Å². The van der Waals surface area contributed by atoms with E-state index in [-0.39, 0.29) is 18.4 Å². The first-order chi connectivity index (χ1) is 7.18. The third-order valence-corrected chi connectivity index (χ3v) is 1.63. The minimum absolute atomic E-state index is 0.000856. The Kier molecular flexibility index (Phi) is 9.01. The Morgan fingerprint density at radius 1 is 1.27 bits per heavy atom. The molecule has 0 aliphatic carbocycles.